The van der Waals surface area contributed by atoms with Crippen LogP contribution in [0, 0.1) is 3.57 Å². The van der Waals surface area contributed by atoms with Crippen LogP contribution in [0.1, 0.15) is 12.5 Å². The second-order valence-electron chi connectivity index (χ2n) is 4.93. The summed E-state index contributed by atoms with van der Waals surface area (Å²) in [6.07, 6.45) is 1.76. The summed E-state index contributed by atoms with van der Waals surface area (Å²) < 4.78 is 11.6. The molecule has 0 unspecified atom stereocenters. The normalized spacial score (nSPS) is 17.4. The Hall–Kier alpha value is -1.75. The molecule has 1 heterocycles. The van der Waals surface area contributed by atoms with Crippen molar-refractivity contribution in [3.8, 4) is 11.5 Å². The number of ether oxygens (including phenoxy) is 2. The second kappa shape index (κ2) is 8.56. The zero-order valence-corrected chi connectivity index (χ0v) is 16.9. The van der Waals surface area contributed by atoms with Gasteiger partial charge in [-0.1, -0.05) is 0 Å². The average Bonchev–Trinajstić information content (AvgIpc) is 2.82. The van der Waals surface area contributed by atoms with Crippen LogP contribution in [0.25, 0.3) is 6.08 Å². The van der Waals surface area contributed by atoms with Crippen molar-refractivity contribution in [3.05, 3.63) is 26.2 Å². The minimum atomic E-state index is -1.06. The molecule has 0 spiro atoms. The third-order valence-corrected chi connectivity index (χ3v) is 5.12. The Morgan fingerprint density at radius 1 is 1.44 bits per heavy atom. The summed E-state index contributed by atoms with van der Waals surface area (Å²) in [6.45, 7) is 1.78. The van der Waals surface area contributed by atoms with E-state index in [1.807, 2.05) is 13.0 Å². The van der Waals surface area contributed by atoms with E-state index in [0.717, 1.165) is 5.56 Å². The molecule has 0 aromatic heterocycles. The van der Waals surface area contributed by atoms with Crippen molar-refractivity contribution in [1.29, 1.82) is 0 Å². The zero-order chi connectivity index (χ0) is 18.6. The SMILES string of the molecule is CCOc1cc(/C=C2/SC(=NC)N(C)C2=O)cc(I)c1OCC(=O)O. The van der Waals surface area contributed by atoms with Crippen molar-refractivity contribution >= 4 is 57.5 Å². The number of aliphatic carboxylic acids is 1. The van der Waals surface area contributed by atoms with Crippen molar-refractivity contribution in [2.45, 2.75) is 6.92 Å². The minimum Gasteiger partial charge on any atom is -0.490 e. The van der Waals surface area contributed by atoms with E-state index >= 15 is 0 Å². The maximum atomic E-state index is 12.3. The van der Waals surface area contributed by atoms with Gasteiger partial charge in [-0.3, -0.25) is 14.7 Å². The molecule has 1 saturated heterocycles. The van der Waals surface area contributed by atoms with Crippen LogP contribution >= 0.6 is 34.4 Å². The molecule has 1 aliphatic rings. The Morgan fingerprint density at radius 3 is 2.72 bits per heavy atom. The van der Waals surface area contributed by atoms with Crippen LogP contribution in [0.5, 0.6) is 11.5 Å². The van der Waals surface area contributed by atoms with Gasteiger partial charge in [0, 0.05) is 14.1 Å². The third-order valence-electron chi connectivity index (χ3n) is 3.16. The summed E-state index contributed by atoms with van der Waals surface area (Å²) in [7, 11) is 3.32. The molecule has 1 aromatic rings. The molecule has 9 heteroatoms. The summed E-state index contributed by atoms with van der Waals surface area (Å²) in [5.74, 6) is -0.363. The highest BCUT2D eigenvalue weighted by Crippen LogP contribution is 2.37. The number of carbonyl (C=O) groups is 2. The van der Waals surface area contributed by atoms with Gasteiger partial charge in [-0.2, -0.15) is 0 Å². The minimum absolute atomic E-state index is 0.121. The Kier molecular flexibility index (Phi) is 6.71. The lowest BCUT2D eigenvalue weighted by Gasteiger charge is -2.13. The number of thioether (sulfide) groups is 1. The van der Waals surface area contributed by atoms with Gasteiger partial charge in [-0.05, 0) is 65.0 Å². The van der Waals surface area contributed by atoms with Gasteiger partial charge in [0.25, 0.3) is 5.91 Å². The number of benzene rings is 1. The third kappa shape index (κ3) is 4.66. The molecular weight excluding hydrogens is 459 g/mol. The van der Waals surface area contributed by atoms with Gasteiger partial charge in [0.15, 0.2) is 23.3 Å². The van der Waals surface area contributed by atoms with E-state index in [-0.39, 0.29) is 5.91 Å². The number of halogens is 1. The van der Waals surface area contributed by atoms with Crippen LogP contribution < -0.4 is 9.47 Å². The fourth-order valence-electron chi connectivity index (χ4n) is 2.11. The van der Waals surface area contributed by atoms with Crippen LogP contribution in [0.4, 0.5) is 0 Å². The molecule has 0 bridgehead atoms. The van der Waals surface area contributed by atoms with Crippen molar-refractivity contribution in [3.63, 3.8) is 0 Å². The molecule has 1 N–H and O–H groups in total. The number of amides is 1. The van der Waals surface area contributed by atoms with Crippen LogP contribution in [-0.2, 0) is 9.59 Å². The second-order valence-corrected chi connectivity index (χ2v) is 7.10. The highest BCUT2D eigenvalue weighted by Gasteiger charge is 2.29. The molecule has 0 saturated carbocycles. The molecule has 2 rings (SSSR count). The first-order valence-corrected chi connectivity index (χ1v) is 9.22. The molecule has 1 fully saturated rings. The van der Waals surface area contributed by atoms with Crippen LogP contribution in [0.15, 0.2) is 22.0 Å². The van der Waals surface area contributed by atoms with Gasteiger partial charge in [0.05, 0.1) is 15.1 Å². The maximum Gasteiger partial charge on any atom is 0.341 e. The average molecular weight is 476 g/mol. The molecule has 7 nitrogen and oxygen atoms in total. The largest absolute Gasteiger partial charge is 0.490 e. The first kappa shape index (κ1) is 19.6. The van der Waals surface area contributed by atoms with E-state index in [1.165, 1.54) is 16.7 Å². The predicted octanol–water partition coefficient (Wildman–Crippen LogP) is 2.69. The van der Waals surface area contributed by atoms with E-state index in [9.17, 15) is 9.59 Å². The fourth-order valence-corrected chi connectivity index (χ4v) is 3.82. The van der Waals surface area contributed by atoms with Gasteiger partial charge in [-0.25, -0.2) is 4.79 Å². The number of aliphatic imine (C=N–C) groups is 1. The smallest absolute Gasteiger partial charge is 0.341 e. The van der Waals surface area contributed by atoms with Gasteiger partial charge >= 0.3 is 5.97 Å². The molecule has 0 atom stereocenters. The molecule has 1 aromatic carbocycles. The quantitative estimate of drug-likeness (QED) is 0.502. The summed E-state index contributed by atoms with van der Waals surface area (Å²) in [5, 5.41) is 9.44. The van der Waals surface area contributed by atoms with Crippen molar-refractivity contribution < 1.29 is 24.2 Å². The lowest BCUT2D eigenvalue weighted by Crippen LogP contribution is -2.23. The number of hydrogen-bond donors (Lipinski definition) is 1. The van der Waals surface area contributed by atoms with E-state index in [4.69, 9.17) is 14.6 Å². The fraction of sp³-hybridized carbons (Fsp3) is 0.312. The Balaban J connectivity index is 2.38. The first-order valence-electron chi connectivity index (χ1n) is 7.32. The van der Waals surface area contributed by atoms with Crippen molar-refractivity contribution in [2.24, 2.45) is 4.99 Å². The van der Waals surface area contributed by atoms with Gasteiger partial charge in [0.1, 0.15) is 0 Å². The number of carboxylic acid groups (broad SMARTS) is 1. The number of amidine groups is 1. The van der Waals surface area contributed by atoms with E-state index < -0.39 is 12.6 Å². The lowest BCUT2D eigenvalue weighted by molar-refractivity contribution is -0.139. The number of likely N-dealkylation sites (N-methyl/N-ethyl adjacent to an activating group) is 1. The predicted molar refractivity (Wildman–Crippen MR) is 105 cm³/mol. The topological polar surface area (TPSA) is 88.4 Å². The Labute approximate surface area is 163 Å². The summed E-state index contributed by atoms with van der Waals surface area (Å²) in [5.41, 5.74) is 0.761. The zero-order valence-electron chi connectivity index (χ0n) is 13.9. The Bertz CT molecular complexity index is 763. The van der Waals surface area contributed by atoms with Gasteiger partial charge in [0.2, 0.25) is 0 Å². The summed E-state index contributed by atoms with van der Waals surface area (Å²) >= 11 is 3.35. The summed E-state index contributed by atoms with van der Waals surface area (Å²) in [6, 6.07) is 3.53. The van der Waals surface area contributed by atoms with Crippen molar-refractivity contribution in [1.82, 2.24) is 4.90 Å². The van der Waals surface area contributed by atoms with Gasteiger partial charge < -0.3 is 14.6 Å². The van der Waals surface area contributed by atoms with Crippen LogP contribution in [-0.4, -0.2) is 54.4 Å². The highest BCUT2D eigenvalue weighted by atomic mass is 127. The lowest BCUT2D eigenvalue weighted by atomic mass is 10.2. The molecule has 1 amide bonds. The molecule has 25 heavy (non-hydrogen) atoms. The Morgan fingerprint density at radius 2 is 2.16 bits per heavy atom. The summed E-state index contributed by atoms with van der Waals surface area (Å²) in [4.78, 5) is 29.1. The van der Waals surface area contributed by atoms with E-state index in [1.54, 1.807) is 26.2 Å². The number of rotatable bonds is 6. The number of carboxylic acids is 1. The van der Waals surface area contributed by atoms with Crippen molar-refractivity contribution in [2.75, 3.05) is 27.3 Å². The standard InChI is InChI=1S/C16H17IN2O5S/c1-4-23-11-6-9(5-10(17)14(11)24-8-13(20)21)7-12-15(22)19(3)16(18-2)25-12/h5-7H,4,8H2,1-3H3,(H,20,21)/b12-7+,18-16?. The number of carbonyl (C=O) groups excluding carboxylic acids is 1. The molecular formula is C16H17IN2O5S. The highest BCUT2D eigenvalue weighted by molar-refractivity contribution is 14.1. The van der Waals surface area contributed by atoms with Gasteiger partial charge in [-0.15, -0.1) is 0 Å². The molecule has 0 radical (unpaired) electrons. The molecule has 1 aliphatic heterocycles. The number of hydrogen-bond acceptors (Lipinski definition) is 6. The molecule has 134 valence electrons. The number of nitrogens with zero attached hydrogens (tertiary/aromatic N) is 2. The van der Waals surface area contributed by atoms with E-state index in [0.29, 0.717) is 31.7 Å². The maximum absolute atomic E-state index is 12.3. The molecule has 0 aliphatic carbocycles. The van der Waals surface area contributed by atoms with Crippen LogP contribution in [0.2, 0.25) is 0 Å². The first-order chi connectivity index (χ1) is 11.9. The van der Waals surface area contributed by atoms with Crippen LogP contribution in [0.3, 0.4) is 0 Å². The van der Waals surface area contributed by atoms with E-state index in [2.05, 4.69) is 27.6 Å². The monoisotopic (exact) mass is 476 g/mol.